The number of nitrogens with zero attached hydrogens (tertiary/aromatic N) is 2. The van der Waals surface area contributed by atoms with Crippen molar-refractivity contribution in [1.29, 1.82) is 0 Å². The Morgan fingerprint density at radius 3 is 2.55 bits per heavy atom. The molecule has 0 unspecified atom stereocenters. The first-order chi connectivity index (χ1) is 14.8. The van der Waals surface area contributed by atoms with Crippen LogP contribution < -0.4 is 4.74 Å². The number of ether oxygens (including phenoxy) is 1. The van der Waals surface area contributed by atoms with Gasteiger partial charge in [0.2, 0.25) is 0 Å². The SMILES string of the molecule is COc1ccc(-c2cc(C(=O)N3C[C@]4(C)C[C@H]3CC(C)(C)C4)c3ccccc3n2)cc1. The zero-order valence-corrected chi connectivity index (χ0v) is 18.8. The van der Waals surface area contributed by atoms with E-state index >= 15 is 0 Å². The highest BCUT2D eigenvalue weighted by molar-refractivity contribution is 6.07. The summed E-state index contributed by atoms with van der Waals surface area (Å²) in [6.45, 7) is 7.88. The van der Waals surface area contributed by atoms with Crippen molar-refractivity contribution in [3.63, 3.8) is 0 Å². The summed E-state index contributed by atoms with van der Waals surface area (Å²) < 4.78 is 5.29. The predicted molar refractivity (Wildman–Crippen MR) is 124 cm³/mol. The molecule has 160 valence electrons. The number of para-hydroxylation sites is 1. The smallest absolute Gasteiger partial charge is 0.254 e. The summed E-state index contributed by atoms with van der Waals surface area (Å²) in [5.74, 6) is 0.945. The number of hydrogen-bond donors (Lipinski definition) is 0. The standard InChI is InChI=1S/C27H30N2O2/c1-26(2)14-19-15-27(3,16-26)17-29(19)25(30)22-13-24(18-9-11-20(31-4)12-10-18)28-23-8-6-5-7-21(22)23/h5-13,19H,14-17H2,1-4H3/t19-,27-/m1/s1. The van der Waals surface area contributed by atoms with Crippen LogP contribution in [-0.2, 0) is 0 Å². The molecule has 5 rings (SSSR count). The average Bonchev–Trinajstić information content (AvgIpc) is 3.01. The van der Waals surface area contributed by atoms with Gasteiger partial charge in [0.1, 0.15) is 5.75 Å². The molecule has 2 aromatic carbocycles. The van der Waals surface area contributed by atoms with Crippen molar-refractivity contribution in [3.8, 4) is 17.0 Å². The number of rotatable bonds is 3. The number of aromatic nitrogens is 1. The van der Waals surface area contributed by atoms with Crippen molar-refractivity contribution in [2.45, 2.75) is 46.1 Å². The number of hydrogen-bond acceptors (Lipinski definition) is 3. The molecule has 2 aliphatic rings. The zero-order chi connectivity index (χ0) is 21.8. The van der Waals surface area contributed by atoms with E-state index in [0.29, 0.717) is 6.04 Å². The minimum atomic E-state index is 0.139. The molecule has 4 heteroatoms. The molecular weight excluding hydrogens is 384 g/mol. The Hall–Kier alpha value is -2.88. The maximum atomic E-state index is 13.9. The van der Waals surface area contributed by atoms with Crippen LogP contribution in [-0.4, -0.2) is 35.5 Å². The summed E-state index contributed by atoms with van der Waals surface area (Å²) in [4.78, 5) is 20.9. The first-order valence-corrected chi connectivity index (χ1v) is 11.1. The van der Waals surface area contributed by atoms with Gasteiger partial charge in [0, 0.05) is 23.5 Å². The van der Waals surface area contributed by atoms with Gasteiger partial charge in [-0.2, -0.15) is 0 Å². The van der Waals surface area contributed by atoms with Crippen molar-refractivity contribution in [2.75, 3.05) is 13.7 Å². The zero-order valence-electron chi connectivity index (χ0n) is 18.8. The van der Waals surface area contributed by atoms with Crippen LogP contribution in [0.25, 0.3) is 22.2 Å². The van der Waals surface area contributed by atoms with Crippen molar-refractivity contribution in [3.05, 3.63) is 60.2 Å². The lowest BCUT2D eigenvalue weighted by Gasteiger charge is -2.39. The van der Waals surface area contributed by atoms with E-state index < -0.39 is 0 Å². The molecule has 1 aliphatic carbocycles. The fraction of sp³-hybridized carbons (Fsp3) is 0.407. The Bertz CT molecular complexity index is 1150. The van der Waals surface area contributed by atoms with Crippen LogP contribution in [0.1, 0.15) is 50.4 Å². The lowest BCUT2D eigenvalue weighted by Crippen LogP contribution is -2.37. The summed E-state index contributed by atoms with van der Waals surface area (Å²) in [7, 11) is 1.66. The Kier molecular flexibility index (Phi) is 4.58. The molecular formula is C27H30N2O2. The highest BCUT2D eigenvalue weighted by Crippen LogP contribution is 2.52. The quantitative estimate of drug-likeness (QED) is 0.532. The molecule has 0 N–H and O–H groups in total. The van der Waals surface area contributed by atoms with Gasteiger partial charge < -0.3 is 9.64 Å². The summed E-state index contributed by atoms with van der Waals surface area (Å²) >= 11 is 0. The Labute approximate surface area is 184 Å². The minimum Gasteiger partial charge on any atom is -0.497 e. The summed E-state index contributed by atoms with van der Waals surface area (Å²) in [6.07, 6.45) is 3.35. The van der Waals surface area contributed by atoms with Gasteiger partial charge in [-0.05, 0) is 66.5 Å². The van der Waals surface area contributed by atoms with Gasteiger partial charge in [0.15, 0.2) is 0 Å². The lowest BCUT2D eigenvalue weighted by molar-refractivity contribution is 0.0710. The normalized spacial score (nSPS) is 24.4. The highest BCUT2D eigenvalue weighted by atomic mass is 16.5. The van der Waals surface area contributed by atoms with Gasteiger partial charge in [-0.3, -0.25) is 4.79 Å². The molecule has 1 saturated carbocycles. The molecule has 2 heterocycles. The predicted octanol–water partition coefficient (Wildman–Crippen LogP) is 5.95. The molecule has 2 atom stereocenters. The molecule has 31 heavy (non-hydrogen) atoms. The van der Waals surface area contributed by atoms with Crippen LogP contribution in [0.15, 0.2) is 54.6 Å². The number of methoxy groups -OCH3 is 1. The van der Waals surface area contributed by atoms with Gasteiger partial charge in [-0.15, -0.1) is 0 Å². The average molecular weight is 415 g/mol. The highest BCUT2D eigenvalue weighted by Gasteiger charge is 2.51. The third kappa shape index (κ3) is 3.58. The Balaban J connectivity index is 1.58. The molecule has 1 aliphatic heterocycles. The van der Waals surface area contributed by atoms with E-state index in [-0.39, 0.29) is 16.7 Å². The maximum absolute atomic E-state index is 13.9. The van der Waals surface area contributed by atoms with Crippen LogP contribution in [0.4, 0.5) is 0 Å². The van der Waals surface area contributed by atoms with E-state index in [1.165, 1.54) is 6.42 Å². The fourth-order valence-electron chi connectivity index (χ4n) is 6.11. The molecule has 4 nitrogen and oxygen atoms in total. The lowest BCUT2D eigenvalue weighted by atomic mass is 9.65. The number of benzene rings is 2. The Morgan fingerprint density at radius 2 is 1.81 bits per heavy atom. The van der Waals surface area contributed by atoms with E-state index in [2.05, 4.69) is 25.7 Å². The largest absolute Gasteiger partial charge is 0.497 e. The van der Waals surface area contributed by atoms with Gasteiger partial charge in [-0.1, -0.05) is 39.0 Å². The molecule has 0 spiro atoms. The van der Waals surface area contributed by atoms with Crippen LogP contribution in [0.5, 0.6) is 5.75 Å². The fourth-order valence-corrected chi connectivity index (χ4v) is 6.11. The van der Waals surface area contributed by atoms with Crippen molar-refractivity contribution >= 4 is 16.8 Å². The number of carbonyl (C=O) groups excluding carboxylic acids is 1. The van der Waals surface area contributed by atoms with Crippen molar-refractivity contribution < 1.29 is 9.53 Å². The van der Waals surface area contributed by atoms with E-state index in [1.807, 2.05) is 54.6 Å². The number of fused-ring (bicyclic) bond motifs is 3. The van der Waals surface area contributed by atoms with Crippen LogP contribution in [0.2, 0.25) is 0 Å². The summed E-state index contributed by atoms with van der Waals surface area (Å²) in [5, 5.41) is 0.927. The van der Waals surface area contributed by atoms with Crippen LogP contribution in [0, 0.1) is 10.8 Å². The second-order valence-corrected chi connectivity index (χ2v) is 10.4. The second kappa shape index (κ2) is 7.08. The number of likely N-dealkylation sites (tertiary alicyclic amines) is 1. The first kappa shape index (κ1) is 20.0. The number of carbonyl (C=O) groups is 1. The van der Waals surface area contributed by atoms with Crippen LogP contribution in [0.3, 0.4) is 0 Å². The molecule has 1 aromatic heterocycles. The van der Waals surface area contributed by atoms with Gasteiger partial charge in [0.25, 0.3) is 5.91 Å². The topological polar surface area (TPSA) is 42.4 Å². The van der Waals surface area contributed by atoms with E-state index in [4.69, 9.17) is 9.72 Å². The molecule has 0 radical (unpaired) electrons. The van der Waals surface area contributed by atoms with Gasteiger partial charge in [-0.25, -0.2) is 4.98 Å². The molecule has 2 fully saturated rings. The van der Waals surface area contributed by atoms with Crippen molar-refractivity contribution in [2.24, 2.45) is 10.8 Å². The Morgan fingerprint density at radius 1 is 1.06 bits per heavy atom. The number of amides is 1. The van der Waals surface area contributed by atoms with Gasteiger partial charge in [0.05, 0.1) is 23.9 Å². The molecule has 3 aromatic rings. The second-order valence-electron chi connectivity index (χ2n) is 10.4. The van der Waals surface area contributed by atoms with Gasteiger partial charge >= 0.3 is 0 Å². The number of pyridine rings is 1. The summed E-state index contributed by atoms with van der Waals surface area (Å²) in [5.41, 5.74) is 3.90. The third-order valence-electron chi connectivity index (χ3n) is 7.01. The first-order valence-electron chi connectivity index (χ1n) is 11.1. The van der Waals surface area contributed by atoms with E-state index in [1.54, 1.807) is 7.11 Å². The molecule has 2 bridgehead atoms. The van der Waals surface area contributed by atoms with E-state index in [0.717, 1.165) is 52.9 Å². The maximum Gasteiger partial charge on any atom is 0.254 e. The van der Waals surface area contributed by atoms with E-state index in [9.17, 15) is 4.79 Å². The monoisotopic (exact) mass is 414 g/mol. The molecule has 1 amide bonds. The van der Waals surface area contributed by atoms with Crippen molar-refractivity contribution in [1.82, 2.24) is 9.88 Å². The minimum absolute atomic E-state index is 0.139. The summed E-state index contributed by atoms with van der Waals surface area (Å²) in [6, 6.07) is 18.1. The molecule has 1 saturated heterocycles. The van der Waals surface area contributed by atoms with Crippen LogP contribution >= 0.6 is 0 Å². The third-order valence-corrected chi connectivity index (χ3v) is 7.01.